The van der Waals surface area contributed by atoms with Crippen LogP contribution in [0.4, 0.5) is 0 Å². The predicted molar refractivity (Wildman–Crippen MR) is 74.2 cm³/mol. The second-order valence-electron chi connectivity index (χ2n) is 4.13. The Kier molecular flexibility index (Phi) is 5.96. The minimum Gasteiger partial charge on any atom is -0.330 e. The first-order valence-corrected chi connectivity index (χ1v) is 6.25. The molecule has 2 N–H and O–H groups in total. The van der Waals surface area contributed by atoms with Crippen molar-refractivity contribution in [3.8, 4) is 12.3 Å². The predicted octanol–water partition coefficient (Wildman–Crippen LogP) is 1.67. The van der Waals surface area contributed by atoms with Crippen LogP contribution in [0.2, 0.25) is 0 Å². The number of hydrogen-bond donors (Lipinski definition) is 1. The summed E-state index contributed by atoms with van der Waals surface area (Å²) in [6, 6.07) is 7.58. The Hall–Kier alpha value is -1.79. The van der Waals surface area contributed by atoms with E-state index < -0.39 is 0 Å². The third-order valence-corrected chi connectivity index (χ3v) is 2.72. The molecule has 0 fully saturated rings. The van der Waals surface area contributed by atoms with E-state index in [4.69, 9.17) is 12.2 Å². The van der Waals surface area contributed by atoms with E-state index in [1.54, 1.807) is 4.90 Å². The number of nitrogens with two attached hydrogens (primary N) is 1. The van der Waals surface area contributed by atoms with Gasteiger partial charge in [0.2, 0.25) is 0 Å². The Balaban J connectivity index is 2.97. The maximum absolute atomic E-state index is 12.4. The van der Waals surface area contributed by atoms with Gasteiger partial charge in [0.1, 0.15) is 0 Å². The van der Waals surface area contributed by atoms with Crippen molar-refractivity contribution < 1.29 is 4.79 Å². The summed E-state index contributed by atoms with van der Waals surface area (Å²) in [7, 11) is 0. The number of benzene rings is 1. The van der Waals surface area contributed by atoms with Crippen molar-refractivity contribution in [1.82, 2.24) is 4.90 Å². The number of rotatable bonds is 6. The zero-order valence-corrected chi connectivity index (χ0v) is 10.9. The minimum absolute atomic E-state index is 0.00106. The lowest BCUT2D eigenvalue weighted by Gasteiger charge is -2.21. The summed E-state index contributed by atoms with van der Waals surface area (Å²) < 4.78 is 0. The quantitative estimate of drug-likeness (QED) is 0.774. The molecule has 1 aromatic rings. The normalized spacial score (nSPS) is 9.83. The van der Waals surface area contributed by atoms with Gasteiger partial charge in [0.15, 0.2) is 0 Å². The summed E-state index contributed by atoms with van der Waals surface area (Å²) in [5.41, 5.74) is 7.27. The van der Waals surface area contributed by atoms with E-state index in [-0.39, 0.29) is 5.91 Å². The molecule has 1 amide bonds. The second kappa shape index (κ2) is 7.52. The Morgan fingerprint density at radius 1 is 1.44 bits per heavy atom. The fraction of sp³-hybridized carbons (Fsp3) is 0.400. The number of carbonyl (C=O) groups excluding carboxylic acids is 1. The van der Waals surface area contributed by atoms with Gasteiger partial charge in [-0.1, -0.05) is 31.0 Å². The number of hydrogen-bond acceptors (Lipinski definition) is 2. The van der Waals surface area contributed by atoms with Gasteiger partial charge in [-0.3, -0.25) is 4.79 Å². The van der Waals surface area contributed by atoms with Crippen LogP contribution >= 0.6 is 0 Å². The molecule has 0 saturated carbocycles. The van der Waals surface area contributed by atoms with Crippen LogP contribution in [0, 0.1) is 12.3 Å². The van der Waals surface area contributed by atoms with Gasteiger partial charge >= 0.3 is 0 Å². The Morgan fingerprint density at radius 2 is 2.17 bits per heavy atom. The maximum Gasteiger partial charge on any atom is 0.254 e. The number of nitrogens with zero attached hydrogens (tertiary/aromatic N) is 1. The van der Waals surface area contributed by atoms with Gasteiger partial charge in [-0.05, 0) is 31.0 Å². The van der Waals surface area contributed by atoms with Crippen LogP contribution in [-0.2, 0) is 6.42 Å². The molecule has 96 valence electrons. The third kappa shape index (κ3) is 3.61. The molecule has 0 aromatic heterocycles. The van der Waals surface area contributed by atoms with Crippen molar-refractivity contribution in [2.75, 3.05) is 19.6 Å². The first-order chi connectivity index (χ1) is 8.74. The first kappa shape index (κ1) is 14.3. The Labute approximate surface area is 109 Å². The fourth-order valence-electron chi connectivity index (χ4n) is 1.91. The highest BCUT2D eigenvalue weighted by atomic mass is 16.2. The summed E-state index contributed by atoms with van der Waals surface area (Å²) in [6.07, 6.45) is 6.91. The van der Waals surface area contributed by atoms with Crippen LogP contribution in [0.25, 0.3) is 0 Å². The highest BCUT2D eigenvalue weighted by Gasteiger charge is 2.16. The average Bonchev–Trinajstić information content (AvgIpc) is 2.39. The molecule has 1 rings (SSSR count). The van der Waals surface area contributed by atoms with E-state index in [2.05, 4.69) is 5.92 Å². The van der Waals surface area contributed by atoms with Gasteiger partial charge in [0.05, 0.1) is 6.54 Å². The number of carbonyl (C=O) groups is 1. The highest BCUT2D eigenvalue weighted by Crippen LogP contribution is 2.12. The van der Waals surface area contributed by atoms with Gasteiger partial charge in [-0.15, -0.1) is 6.42 Å². The van der Waals surface area contributed by atoms with Gasteiger partial charge < -0.3 is 10.6 Å². The SMILES string of the molecule is C#CCN(CCC)C(=O)c1ccccc1CCN. The summed E-state index contributed by atoms with van der Waals surface area (Å²) in [6.45, 7) is 3.60. The largest absolute Gasteiger partial charge is 0.330 e. The lowest BCUT2D eigenvalue weighted by atomic mass is 10.0. The van der Waals surface area contributed by atoms with Crippen LogP contribution in [-0.4, -0.2) is 30.4 Å². The molecular weight excluding hydrogens is 224 g/mol. The fourth-order valence-corrected chi connectivity index (χ4v) is 1.91. The van der Waals surface area contributed by atoms with E-state index in [0.29, 0.717) is 31.6 Å². The van der Waals surface area contributed by atoms with Crippen LogP contribution in [0.3, 0.4) is 0 Å². The van der Waals surface area contributed by atoms with Gasteiger partial charge in [-0.25, -0.2) is 0 Å². The molecule has 0 saturated heterocycles. The zero-order chi connectivity index (χ0) is 13.4. The van der Waals surface area contributed by atoms with Gasteiger partial charge in [0.25, 0.3) is 5.91 Å². The third-order valence-electron chi connectivity index (χ3n) is 2.72. The van der Waals surface area contributed by atoms with Crippen LogP contribution < -0.4 is 5.73 Å². The van der Waals surface area contributed by atoms with Crippen LogP contribution in [0.1, 0.15) is 29.3 Å². The standard InChI is InChI=1S/C15H20N2O/c1-3-11-17(12-4-2)15(18)14-8-6-5-7-13(14)9-10-16/h1,5-8H,4,9-12,16H2,2H3. The molecule has 3 nitrogen and oxygen atoms in total. The summed E-state index contributed by atoms with van der Waals surface area (Å²) >= 11 is 0. The van der Waals surface area contributed by atoms with E-state index in [1.807, 2.05) is 31.2 Å². The number of amides is 1. The van der Waals surface area contributed by atoms with E-state index >= 15 is 0 Å². The van der Waals surface area contributed by atoms with Crippen molar-refractivity contribution in [2.24, 2.45) is 5.73 Å². The molecule has 3 heteroatoms. The topological polar surface area (TPSA) is 46.3 Å². The molecule has 0 spiro atoms. The molecule has 0 bridgehead atoms. The van der Waals surface area contributed by atoms with Crippen molar-refractivity contribution >= 4 is 5.91 Å². The molecular formula is C15H20N2O. The van der Waals surface area contributed by atoms with Gasteiger partial charge in [0, 0.05) is 12.1 Å². The lowest BCUT2D eigenvalue weighted by molar-refractivity contribution is 0.0776. The maximum atomic E-state index is 12.4. The Bertz CT molecular complexity index is 434. The van der Waals surface area contributed by atoms with Crippen molar-refractivity contribution in [3.05, 3.63) is 35.4 Å². The van der Waals surface area contributed by atoms with E-state index in [9.17, 15) is 4.79 Å². The average molecular weight is 244 g/mol. The molecule has 0 aliphatic heterocycles. The summed E-state index contributed by atoms with van der Waals surface area (Å²) in [5.74, 6) is 2.53. The molecule has 0 aliphatic carbocycles. The monoisotopic (exact) mass is 244 g/mol. The van der Waals surface area contributed by atoms with Crippen LogP contribution in [0.15, 0.2) is 24.3 Å². The summed E-state index contributed by atoms with van der Waals surface area (Å²) in [5, 5.41) is 0. The van der Waals surface area contributed by atoms with Crippen molar-refractivity contribution in [1.29, 1.82) is 0 Å². The zero-order valence-electron chi connectivity index (χ0n) is 10.9. The lowest BCUT2D eigenvalue weighted by Crippen LogP contribution is -2.33. The molecule has 0 heterocycles. The molecule has 18 heavy (non-hydrogen) atoms. The van der Waals surface area contributed by atoms with E-state index in [0.717, 1.165) is 12.0 Å². The minimum atomic E-state index is -0.00106. The Morgan fingerprint density at radius 3 is 2.78 bits per heavy atom. The molecule has 0 radical (unpaired) electrons. The smallest absolute Gasteiger partial charge is 0.254 e. The summed E-state index contributed by atoms with van der Waals surface area (Å²) in [4.78, 5) is 14.1. The van der Waals surface area contributed by atoms with Crippen LogP contribution in [0.5, 0.6) is 0 Å². The van der Waals surface area contributed by atoms with Crippen molar-refractivity contribution in [2.45, 2.75) is 19.8 Å². The number of terminal acetylenes is 1. The molecule has 0 aliphatic rings. The molecule has 0 atom stereocenters. The van der Waals surface area contributed by atoms with Crippen molar-refractivity contribution in [3.63, 3.8) is 0 Å². The molecule has 0 unspecified atom stereocenters. The molecule has 1 aromatic carbocycles. The van der Waals surface area contributed by atoms with Gasteiger partial charge in [-0.2, -0.15) is 0 Å². The first-order valence-electron chi connectivity index (χ1n) is 6.25. The second-order valence-corrected chi connectivity index (χ2v) is 4.13. The van der Waals surface area contributed by atoms with E-state index in [1.165, 1.54) is 0 Å². The highest BCUT2D eigenvalue weighted by molar-refractivity contribution is 5.95.